The fraction of sp³-hybridized carbons (Fsp3) is 0.412. The van der Waals surface area contributed by atoms with Crippen LogP contribution < -0.4 is 0 Å². The van der Waals surface area contributed by atoms with Crippen LogP contribution in [0.5, 0.6) is 0 Å². The molecule has 0 radical (unpaired) electrons. The summed E-state index contributed by atoms with van der Waals surface area (Å²) in [7, 11) is 0. The molecule has 21 heavy (non-hydrogen) atoms. The number of amides is 2. The summed E-state index contributed by atoms with van der Waals surface area (Å²) < 4.78 is 0. The van der Waals surface area contributed by atoms with E-state index in [9.17, 15) is 9.59 Å². The van der Waals surface area contributed by atoms with E-state index in [1.54, 1.807) is 0 Å². The lowest BCUT2D eigenvalue weighted by atomic mass is 10.0. The summed E-state index contributed by atoms with van der Waals surface area (Å²) in [5.74, 6) is -0.266. The van der Waals surface area contributed by atoms with Crippen LogP contribution in [-0.4, -0.2) is 41.2 Å². The van der Waals surface area contributed by atoms with E-state index in [-0.39, 0.29) is 11.8 Å². The molecule has 2 amide bonds. The molecular weight excluding hydrogens is 264 g/mol. The summed E-state index contributed by atoms with van der Waals surface area (Å²) in [6.45, 7) is 4.21. The predicted molar refractivity (Wildman–Crippen MR) is 81.2 cm³/mol. The van der Waals surface area contributed by atoms with Crippen molar-refractivity contribution in [2.45, 2.75) is 26.2 Å². The largest absolute Gasteiger partial charge is 0.366 e. The van der Waals surface area contributed by atoms with Gasteiger partial charge in [0.1, 0.15) is 5.70 Å². The molecule has 1 aromatic carbocycles. The summed E-state index contributed by atoms with van der Waals surface area (Å²) in [5, 5.41) is 0. The van der Waals surface area contributed by atoms with Crippen LogP contribution in [0.4, 0.5) is 0 Å². The number of hydrogen-bond acceptors (Lipinski definition) is 3. The first-order valence-corrected chi connectivity index (χ1v) is 7.65. The van der Waals surface area contributed by atoms with Gasteiger partial charge in [-0.3, -0.25) is 14.5 Å². The number of nitrogens with zero attached hydrogens (tertiary/aromatic N) is 2. The normalized spacial score (nSPS) is 19.1. The third-order valence-electron chi connectivity index (χ3n) is 4.08. The Morgan fingerprint density at radius 2 is 1.67 bits per heavy atom. The van der Waals surface area contributed by atoms with Crippen molar-refractivity contribution < 1.29 is 9.59 Å². The smallest absolute Gasteiger partial charge is 0.277 e. The molecule has 1 saturated heterocycles. The first kappa shape index (κ1) is 13.9. The van der Waals surface area contributed by atoms with Gasteiger partial charge in [-0.1, -0.05) is 37.3 Å². The van der Waals surface area contributed by atoms with Crippen molar-refractivity contribution in [1.29, 1.82) is 0 Å². The van der Waals surface area contributed by atoms with Gasteiger partial charge >= 0.3 is 0 Å². The van der Waals surface area contributed by atoms with Gasteiger partial charge in [0.15, 0.2) is 0 Å². The maximum absolute atomic E-state index is 12.7. The first-order valence-electron chi connectivity index (χ1n) is 7.65. The Kier molecular flexibility index (Phi) is 3.78. The van der Waals surface area contributed by atoms with Gasteiger partial charge in [0.2, 0.25) is 0 Å². The molecule has 1 aromatic rings. The van der Waals surface area contributed by atoms with Crippen LogP contribution >= 0.6 is 0 Å². The topological polar surface area (TPSA) is 40.6 Å². The Morgan fingerprint density at radius 3 is 2.29 bits per heavy atom. The zero-order chi connectivity index (χ0) is 14.8. The molecule has 0 N–H and O–H groups in total. The third-order valence-corrected chi connectivity index (χ3v) is 4.08. The molecule has 3 rings (SSSR count). The van der Waals surface area contributed by atoms with E-state index in [4.69, 9.17) is 0 Å². The molecule has 4 nitrogen and oxygen atoms in total. The van der Waals surface area contributed by atoms with E-state index < -0.39 is 0 Å². The minimum Gasteiger partial charge on any atom is -0.366 e. The molecular formula is C17H20N2O2. The predicted octanol–water partition coefficient (Wildman–Crippen LogP) is 2.27. The standard InChI is InChI=1S/C17H20N2O2/c1-2-10-19-16(20)14(13-8-4-3-5-9-13)15(17(19)21)18-11-6-7-12-18/h3-5,8-9H,2,6-7,10-12H2,1H3. The minimum absolute atomic E-state index is 0.123. The SMILES string of the molecule is CCCN1C(=O)C(c2ccccc2)=C(N2CCCC2)C1=O. The fourth-order valence-corrected chi connectivity index (χ4v) is 3.09. The molecule has 1 fully saturated rings. The Morgan fingerprint density at radius 1 is 1.00 bits per heavy atom. The molecule has 0 atom stereocenters. The maximum Gasteiger partial charge on any atom is 0.277 e. The molecule has 0 spiro atoms. The number of benzene rings is 1. The van der Waals surface area contributed by atoms with Crippen LogP contribution in [0.3, 0.4) is 0 Å². The number of carbonyl (C=O) groups excluding carboxylic acids is 2. The molecule has 0 bridgehead atoms. The summed E-state index contributed by atoms with van der Waals surface area (Å²) >= 11 is 0. The van der Waals surface area contributed by atoms with Crippen LogP contribution in [0.25, 0.3) is 5.57 Å². The van der Waals surface area contributed by atoms with Gasteiger partial charge in [0.25, 0.3) is 11.8 Å². The van der Waals surface area contributed by atoms with Crippen molar-refractivity contribution in [3.8, 4) is 0 Å². The number of imide groups is 1. The lowest BCUT2D eigenvalue weighted by Gasteiger charge is -2.19. The molecule has 0 aliphatic carbocycles. The van der Waals surface area contributed by atoms with E-state index in [1.165, 1.54) is 4.90 Å². The van der Waals surface area contributed by atoms with E-state index in [0.29, 0.717) is 17.8 Å². The summed E-state index contributed by atoms with van der Waals surface area (Å²) in [5.41, 5.74) is 2.03. The molecule has 0 aromatic heterocycles. The molecule has 0 unspecified atom stereocenters. The monoisotopic (exact) mass is 284 g/mol. The molecule has 2 heterocycles. The molecule has 2 aliphatic rings. The summed E-state index contributed by atoms with van der Waals surface area (Å²) in [6, 6.07) is 9.55. The van der Waals surface area contributed by atoms with E-state index in [0.717, 1.165) is 37.9 Å². The minimum atomic E-state index is -0.144. The molecule has 110 valence electrons. The maximum atomic E-state index is 12.7. The second-order valence-electron chi connectivity index (χ2n) is 5.55. The summed E-state index contributed by atoms with van der Waals surface area (Å²) in [4.78, 5) is 28.9. The van der Waals surface area contributed by atoms with Gasteiger partial charge in [0, 0.05) is 19.6 Å². The highest BCUT2D eigenvalue weighted by Gasteiger charge is 2.41. The average Bonchev–Trinajstić information content (AvgIpc) is 3.10. The zero-order valence-corrected chi connectivity index (χ0v) is 12.3. The van der Waals surface area contributed by atoms with Crippen LogP contribution in [0.2, 0.25) is 0 Å². The average molecular weight is 284 g/mol. The van der Waals surface area contributed by atoms with Crippen molar-refractivity contribution in [2.24, 2.45) is 0 Å². The molecule has 0 saturated carbocycles. The van der Waals surface area contributed by atoms with Gasteiger partial charge in [-0.25, -0.2) is 0 Å². The zero-order valence-electron chi connectivity index (χ0n) is 12.3. The van der Waals surface area contributed by atoms with Gasteiger partial charge in [-0.2, -0.15) is 0 Å². The highest BCUT2D eigenvalue weighted by Crippen LogP contribution is 2.33. The lowest BCUT2D eigenvalue weighted by molar-refractivity contribution is -0.137. The second kappa shape index (κ2) is 5.72. The van der Waals surface area contributed by atoms with Crippen LogP contribution in [0.15, 0.2) is 36.0 Å². The highest BCUT2D eigenvalue weighted by molar-refractivity contribution is 6.35. The lowest BCUT2D eigenvalue weighted by Crippen LogP contribution is -2.35. The Labute approximate surface area is 125 Å². The first-order chi connectivity index (χ1) is 10.2. The quantitative estimate of drug-likeness (QED) is 0.796. The van der Waals surface area contributed by atoms with Crippen LogP contribution in [0.1, 0.15) is 31.7 Å². The van der Waals surface area contributed by atoms with Crippen molar-refractivity contribution in [1.82, 2.24) is 9.80 Å². The van der Waals surface area contributed by atoms with Gasteiger partial charge in [-0.15, -0.1) is 0 Å². The van der Waals surface area contributed by atoms with Gasteiger partial charge in [0.05, 0.1) is 5.57 Å². The van der Waals surface area contributed by atoms with Crippen LogP contribution in [-0.2, 0) is 9.59 Å². The summed E-state index contributed by atoms with van der Waals surface area (Å²) in [6.07, 6.45) is 2.95. The third kappa shape index (κ3) is 2.35. The van der Waals surface area contributed by atoms with E-state index in [2.05, 4.69) is 4.90 Å². The van der Waals surface area contributed by atoms with Crippen LogP contribution in [0, 0.1) is 0 Å². The Bertz CT molecular complexity index is 586. The number of rotatable bonds is 4. The number of hydrogen-bond donors (Lipinski definition) is 0. The Hall–Kier alpha value is -2.10. The van der Waals surface area contributed by atoms with Crippen molar-refractivity contribution in [3.63, 3.8) is 0 Å². The van der Waals surface area contributed by atoms with Crippen molar-refractivity contribution >= 4 is 17.4 Å². The molecule has 2 aliphatic heterocycles. The van der Waals surface area contributed by atoms with Gasteiger partial charge in [-0.05, 0) is 24.8 Å². The van der Waals surface area contributed by atoms with Gasteiger partial charge < -0.3 is 4.90 Å². The van der Waals surface area contributed by atoms with E-state index in [1.807, 2.05) is 37.3 Å². The molecule has 4 heteroatoms. The van der Waals surface area contributed by atoms with E-state index >= 15 is 0 Å². The fourth-order valence-electron chi connectivity index (χ4n) is 3.09. The number of carbonyl (C=O) groups is 2. The highest BCUT2D eigenvalue weighted by atomic mass is 16.2. The van der Waals surface area contributed by atoms with Crippen molar-refractivity contribution in [3.05, 3.63) is 41.6 Å². The Balaban J connectivity index is 2.07. The number of likely N-dealkylation sites (tertiary alicyclic amines) is 1. The second-order valence-corrected chi connectivity index (χ2v) is 5.55. The van der Waals surface area contributed by atoms with Crippen molar-refractivity contribution in [2.75, 3.05) is 19.6 Å².